The number of hydrogen-bond donors (Lipinski definition) is 9. The number of hydrogen-bond acceptors (Lipinski definition) is 9. The van der Waals surface area contributed by atoms with E-state index < -0.39 is 53.8 Å². The van der Waals surface area contributed by atoms with E-state index in [1.165, 1.54) is 23.9 Å². The summed E-state index contributed by atoms with van der Waals surface area (Å²) in [5, 5.41) is 26.4. The maximum absolute atomic E-state index is 13.2. The Morgan fingerprint density at radius 3 is 1.98 bits per heavy atom. The molecule has 0 aliphatic rings. The van der Waals surface area contributed by atoms with E-state index in [1.807, 2.05) is 0 Å². The van der Waals surface area contributed by atoms with Gasteiger partial charge in [0.1, 0.15) is 23.9 Å². The summed E-state index contributed by atoms with van der Waals surface area (Å²) in [6, 6.07) is 1.33. The average molecular weight is 597 g/mol. The van der Waals surface area contributed by atoms with Gasteiger partial charge in [0.05, 0.1) is 6.04 Å². The molecule has 4 atom stereocenters. The first kappa shape index (κ1) is 35.0. The van der Waals surface area contributed by atoms with Gasteiger partial charge >= 0.3 is 5.97 Å². The molecule has 4 amide bonds. The zero-order chi connectivity index (χ0) is 30.9. The standard InChI is InChI=1S/C25H40N8O7S/c1-41-12-10-19(24(39)40)33-22(37)17(3-2-11-30-25(28)29)32-23(38)18(8-9-20(27)35)31-21(36)16(26)13-14-4-6-15(34)7-5-14/h4-7,16-19,34H,2-3,8-13,26H2,1H3,(H2,27,35)(H,31,36)(H,32,38)(H,33,37)(H,39,40)(H4,28,29,30). The zero-order valence-corrected chi connectivity index (χ0v) is 23.7. The molecule has 0 spiro atoms. The largest absolute Gasteiger partial charge is 0.508 e. The van der Waals surface area contributed by atoms with Crippen LogP contribution in [0.4, 0.5) is 0 Å². The number of aliphatic imine (C=N–C) groups is 1. The number of nitrogens with one attached hydrogen (secondary N) is 3. The van der Waals surface area contributed by atoms with Crippen molar-refractivity contribution in [2.75, 3.05) is 18.6 Å². The van der Waals surface area contributed by atoms with Crippen LogP contribution in [0.25, 0.3) is 0 Å². The van der Waals surface area contributed by atoms with E-state index >= 15 is 0 Å². The van der Waals surface area contributed by atoms with Gasteiger partial charge in [-0.1, -0.05) is 12.1 Å². The zero-order valence-electron chi connectivity index (χ0n) is 22.9. The lowest BCUT2D eigenvalue weighted by Crippen LogP contribution is -2.57. The van der Waals surface area contributed by atoms with Crippen LogP contribution >= 0.6 is 11.8 Å². The first-order chi connectivity index (χ1) is 19.3. The van der Waals surface area contributed by atoms with E-state index in [1.54, 1.807) is 18.4 Å². The molecule has 16 heteroatoms. The Morgan fingerprint density at radius 2 is 1.44 bits per heavy atom. The number of guanidine groups is 1. The Kier molecular flexibility index (Phi) is 15.6. The molecule has 15 nitrogen and oxygen atoms in total. The molecule has 228 valence electrons. The SMILES string of the molecule is CSCCC(NC(=O)C(CCCN=C(N)N)NC(=O)C(CCC(N)=O)NC(=O)C(N)Cc1ccc(O)cc1)C(=O)O. The number of carboxylic acids is 1. The number of aromatic hydroxyl groups is 1. The van der Waals surface area contributed by atoms with Crippen molar-refractivity contribution < 1.29 is 34.2 Å². The number of nitrogens with two attached hydrogens (primary N) is 4. The van der Waals surface area contributed by atoms with Crippen molar-refractivity contribution >= 4 is 47.3 Å². The van der Waals surface area contributed by atoms with Crippen LogP contribution in [0.1, 0.15) is 37.7 Å². The molecule has 1 aromatic rings. The quantitative estimate of drug-likeness (QED) is 0.0472. The Bertz CT molecular complexity index is 1070. The van der Waals surface area contributed by atoms with E-state index in [4.69, 9.17) is 22.9 Å². The topological polar surface area (TPSA) is 278 Å². The molecule has 0 radical (unpaired) electrons. The van der Waals surface area contributed by atoms with Crippen LogP contribution in [0.2, 0.25) is 0 Å². The maximum atomic E-state index is 13.2. The van der Waals surface area contributed by atoms with Crippen molar-refractivity contribution in [2.24, 2.45) is 27.9 Å². The summed E-state index contributed by atoms with van der Waals surface area (Å²) < 4.78 is 0. The number of phenolic OH excluding ortho intramolecular Hbond substituents is 1. The molecule has 13 N–H and O–H groups in total. The normalized spacial score (nSPS) is 13.6. The summed E-state index contributed by atoms with van der Waals surface area (Å²) in [6.07, 6.45) is 1.93. The van der Waals surface area contributed by atoms with E-state index in [0.717, 1.165) is 0 Å². The highest BCUT2D eigenvalue weighted by molar-refractivity contribution is 7.98. The van der Waals surface area contributed by atoms with Crippen LogP contribution in [0.15, 0.2) is 29.3 Å². The van der Waals surface area contributed by atoms with Gasteiger partial charge in [-0.25, -0.2) is 4.79 Å². The van der Waals surface area contributed by atoms with Crippen molar-refractivity contribution in [3.05, 3.63) is 29.8 Å². The van der Waals surface area contributed by atoms with Gasteiger partial charge in [-0.15, -0.1) is 0 Å². The first-order valence-corrected chi connectivity index (χ1v) is 14.2. The number of carbonyl (C=O) groups excluding carboxylic acids is 4. The Balaban J connectivity index is 3.05. The van der Waals surface area contributed by atoms with Crippen LogP contribution in [0.3, 0.4) is 0 Å². The molecular formula is C25H40N8O7S. The summed E-state index contributed by atoms with van der Waals surface area (Å²) in [5.74, 6) is -3.82. The number of primary amides is 1. The van der Waals surface area contributed by atoms with Crippen molar-refractivity contribution in [2.45, 2.75) is 62.7 Å². The first-order valence-electron chi connectivity index (χ1n) is 12.8. The lowest BCUT2D eigenvalue weighted by molar-refractivity contribution is -0.142. The summed E-state index contributed by atoms with van der Waals surface area (Å²) in [7, 11) is 0. The van der Waals surface area contributed by atoms with E-state index in [0.29, 0.717) is 11.3 Å². The van der Waals surface area contributed by atoms with Gasteiger partial charge in [-0.2, -0.15) is 11.8 Å². The van der Waals surface area contributed by atoms with E-state index in [2.05, 4.69) is 20.9 Å². The van der Waals surface area contributed by atoms with Gasteiger partial charge in [0.25, 0.3) is 0 Å². The number of rotatable bonds is 19. The van der Waals surface area contributed by atoms with Gasteiger partial charge in [-0.3, -0.25) is 24.2 Å². The Hall–Kier alpha value is -4.05. The molecule has 0 fully saturated rings. The number of benzene rings is 1. The number of nitrogens with zero attached hydrogens (tertiary/aromatic N) is 1. The minimum absolute atomic E-state index is 0.0417. The molecule has 0 saturated carbocycles. The van der Waals surface area contributed by atoms with E-state index in [9.17, 15) is 34.2 Å². The molecule has 4 unspecified atom stereocenters. The van der Waals surface area contributed by atoms with Gasteiger partial charge in [-0.05, 0) is 61.8 Å². The second kappa shape index (κ2) is 18.3. The van der Waals surface area contributed by atoms with Gasteiger partial charge < -0.3 is 49.1 Å². The van der Waals surface area contributed by atoms with Gasteiger partial charge in [0.15, 0.2) is 5.96 Å². The maximum Gasteiger partial charge on any atom is 0.326 e. The third-order valence-electron chi connectivity index (χ3n) is 5.84. The lowest BCUT2D eigenvalue weighted by Gasteiger charge is -2.25. The molecule has 1 rings (SSSR count). The molecular weight excluding hydrogens is 556 g/mol. The van der Waals surface area contributed by atoms with Crippen molar-refractivity contribution in [1.29, 1.82) is 0 Å². The highest BCUT2D eigenvalue weighted by atomic mass is 32.2. The van der Waals surface area contributed by atoms with E-state index in [-0.39, 0.29) is 56.8 Å². The van der Waals surface area contributed by atoms with Crippen LogP contribution in [0.5, 0.6) is 5.75 Å². The van der Waals surface area contributed by atoms with Crippen LogP contribution < -0.4 is 38.9 Å². The Labute approximate surface area is 242 Å². The molecule has 0 aromatic heterocycles. The summed E-state index contributed by atoms with van der Waals surface area (Å²) >= 11 is 1.41. The summed E-state index contributed by atoms with van der Waals surface area (Å²) in [6.45, 7) is 0.144. The monoisotopic (exact) mass is 596 g/mol. The fourth-order valence-electron chi connectivity index (χ4n) is 3.62. The fraction of sp³-hybridized carbons (Fsp3) is 0.520. The van der Waals surface area contributed by atoms with Gasteiger partial charge in [0, 0.05) is 13.0 Å². The minimum Gasteiger partial charge on any atom is -0.508 e. The number of phenols is 1. The minimum atomic E-state index is -1.28. The molecule has 0 saturated heterocycles. The van der Waals surface area contributed by atoms with Gasteiger partial charge in [0.2, 0.25) is 23.6 Å². The summed E-state index contributed by atoms with van der Waals surface area (Å²) in [4.78, 5) is 66.0. The average Bonchev–Trinajstić information content (AvgIpc) is 2.90. The molecule has 0 bridgehead atoms. The van der Waals surface area contributed by atoms with Crippen LogP contribution in [-0.4, -0.2) is 88.5 Å². The highest BCUT2D eigenvalue weighted by Crippen LogP contribution is 2.11. The second-order valence-electron chi connectivity index (χ2n) is 9.23. The fourth-order valence-corrected chi connectivity index (χ4v) is 4.09. The third kappa shape index (κ3) is 14.2. The molecule has 41 heavy (non-hydrogen) atoms. The number of carboxylic acid groups (broad SMARTS) is 1. The molecule has 0 aliphatic carbocycles. The second-order valence-corrected chi connectivity index (χ2v) is 10.2. The number of carbonyl (C=O) groups is 5. The number of aliphatic carboxylic acids is 1. The molecule has 0 heterocycles. The summed E-state index contributed by atoms with van der Waals surface area (Å²) in [5.41, 5.74) is 22.6. The van der Waals surface area contributed by atoms with Crippen LogP contribution in [0, 0.1) is 0 Å². The van der Waals surface area contributed by atoms with Crippen LogP contribution in [-0.2, 0) is 30.4 Å². The van der Waals surface area contributed by atoms with Crippen molar-refractivity contribution in [3.8, 4) is 5.75 Å². The number of amides is 4. The van der Waals surface area contributed by atoms with Crippen molar-refractivity contribution in [1.82, 2.24) is 16.0 Å². The Morgan fingerprint density at radius 1 is 0.878 bits per heavy atom. The smallest absolute Gasteiger partial charge is 0.326 e. The number of thioether (sulfide) groups is 1. The molecule has 1 aromatic carbocycles. The predicted molar refractivity (Wildman–Crippen MR) is 155 cm³/mol. The van der Waals surface area contributed by atoms with Crippen molar-refractivity contribution in [3.63, 3.8) is 0 Å². The third-order valence-corrected chi connectivity index (χ3v) is 6.49. The lowest BCUT2D eigenvalue weighted by atomic mass is 10.0. The highest BCUT2D eigenvalue weighted by Gasteiger charge is 2.30. The molecule has 0 aliphatic heterocycles. The predicted octanol–water partition coefficient (Wildman–Crippen LogP) is -2.13.